The van der Waals surface area contributed by atoms with Crippen LogP contribution in [-0.2, 0) is 0 Å². The summed E-state index contributed by atoms with van der Waals surface area (Å²) in [4.78, 5) is 4.30. The molecule has 2 aromatic rings. The van der Waals surface area contributed by atoms with E-state index < -0.39 is 0 Å². The summed E-state index contributed by atoms with van der Waals surface area (Å²) in [6, 6.07) is 3.48. The number of pyridine rings is 1. The summed E-state index contributed by atoms with van der Waals surface area (Å²) in [6.45, 7) is 1.84. The summed E-state index contributed by atoms with van der Waals surface area (Å²) in [5, 5.41) is 16.2. The molecule has 2 rings (SSSR count). The lowest BCUT2D eigenvalue weighted by molar-refractivity contribution is 0.318. The van der Waals surface area contributed by atoms with Gasteiger partial charge >= 0.3 is 0 Å². The zero-order chi connectivity index (χ0) is 12.4. The maximum absolute atomic E-state index is 8.71. The van der Waals surface area contributed by atoms with Gasteiger partial charge in [-0.25, -0.2) is 9.67 Å². The van der Waals surface area contributed by atoms with E-state index in [0.29, 0.717) is 16.4 Å². The van der Waals surface area contributed by atoms with Gasteiger partial charge in [-0.15, -0.1) is 0 Å². The van der Waals surface area contributed by atoms with Crippen LogP contribution in [0, 0.1) is 6.92 Å². The van der Waals surface area contributed by atoms with Gasteiger partial charge in [-0.05, 0) is 19.1 Å². The Balaban J connectivity index is 2.62. The zero-order valence-electron chi connectivity index (χ0n) is 9.00. The molecule has 0 aliphatic heterocycles. The number of amidine groups is 1. The number of hydrogen-bond donors (Lipinski definition) is 2. The first-order valence-corrected chi connectivity index (χ1v) is 5.15. The number of halogens is 1. The average molecular weight is 252 g/mol. The zero-order valence-corrected chi connectivity index (χ0v) is 9.76. The van der Waals surface area contributed by atoms with E-state index in [0.717, 1.165) is 5.69 Å². The number of aryl methyl sites for hydroxylation is 1. The Labute approximate surface area is 102 Å². The van der Waals surface area contributed by atoms with Crippen molar-refractivity contribution >= 4 is 17.4 Å². The molecule has 7 heteroatoms. The molecular formula is C10H10ClN5O. The maximum Gasteiger partial charge on any atom is 0.173 e. The van der Waals surface area contributed by atoms with Gasteiger partial charge in [0.25, 0.3) is 0 Å². The fourth-order valence-electron chi connectivity index (χ4n) is 1.39. The second-order valence-corrected chi connectivity index (χ2v) is 3.85. The summed E-state index contributed by atoms with van der Waals surface area (Å²) in [6.07, 6.45) is 3.08. The highest BCUT2D eigenvalue weighted by atomic mass is 35.5. The number of aromatic nitrogens is 3. The third-order valence-electron chi connectivity index (χ3n) is 2.17. The smallest absolute Gasteiger partial charge is 0.173 e. The van der Waals surface area contributed by atoms with E-state index in [2.05, 4.69) is 15.2 Å². The molecule has 2 aromatic heterocycles. The van der Waals surface area contributed by atoms with Crippen molar-refractivity contribution in [3.8, 4) is 5.82 Å². The lowest BCUT2D eigenvalue weighted by Gasteiger charge is -2.07. The Hall–Kier alpha value is -2.08. The summed E-state index contributed by atoms with van der Waals surface area (Å²) in [7, 11) is 0. The van der Waals surface area contributed by atoms with Gasteiger partial charge in [-0.1, -0.05) is 16.8 Å². The molecular weight excluding hydrogens is 242 g/mol. The number of oxime groups is 1. The van der Waals surface area contributed by atoms with Crippen LogP contribution < -0.4 is 5.73 Å². The second-order valence-electron chi connectivity index (χ2n) is 3.41. The van der Waals surface area contributed by atoms with Crippen molar-refractivity contribution in [1.82, 2.24) is 14.8 Å². The highest BCUT2D eigenvalue weighted by Gasteiger charge is 2.11. The first kappa shape index (κ1) is 11.4. The Morgan fingerprint density at radius 3 is 2.88 bits per heavy atom. The molecule has 0 aliphatic carbocycles. The third-order valence-corrected chi connectivity index (χ3v) is 2.36. The van der Waals surface area contributed by atoms with Gasteiger partial charge in [-0.3, -0.25) is 0 Å². The largest absolute Gasteiger partial charge is 0.409 e. The monoisotopic (exact) mass is 251 g/mol. The van der Waals surface area contributed by atoms with Crippen molar-refractivity contribution in [1.29, 1.82) is 0 Å². The van der Waals surface area contributed by atoms with Crippen LogP contribution >= 0.6 is 11.6 Å². The minimum Gasteiger partial charge on any atom is -0.409 e. The Kier molecular flexibility index (Phi) is 2.97. The summed E-state index contributed by atoms with van der Waals surface area (Å²) in [5.41, 5.74) is 6.85. The number of rotatable bonds is 2. The van der Waals surface area contributed by atoms with E-state index >= 15 is 0 Å². The summed E-state index contributed by atoms with van der Waals surface area (Å²) in [5.74, 6) is 0.436. The number of hydrogen-bond acceptors (Lipinski definition) is 4. The van der Waals surface area contributed by atoms with Crippen LogP contribution in [0.4, 0.5) is 0 Å². The van der Waals surface area contributed by atoms with Gasteiger partial charge in [0.2, 0.25) is 0 Å². The van der Waals surface area contributed by atoms with E-state index in [9.17, 15) is 0 Å². The van der Waals surface area contributed by atoms with Gasteiger partial charge in [-0.2, -0.15) is 5.10 Å². The Bertz CT molecular complexity index is 578. The van der Waals surface area contributed by atoms with E-state index in [-0.39, 0.29) is 5.84 Å². The fraction of sp³-hybridized carbons (Fsp3) is 0.100. The first-order chi connectivity index (χ1) is 8.11. The van der Waals surface area contributed by atoms with Gasteiger partial charge in [0, 0.05) is 5.69 Å². The molecule has 6 nitrogen and oxygen atoms in total. The van der Waals surface area contributed by atoms with Crippen molar-refractivity contribution in [3.63, 3.8) is 0 Å². The molecule has 0 bridgehead atoms. The predicted octanol–water partition coefficient (Wildman–Crippen LogP) is 1.32. The first-order valence-electron chi connectivity index (χ1n) is 4.78. The van der Waals surface area contributed by atoms with E-state index in [1.807, 2.05) is 6.92 Å². The van der Waals surface area contributed by atoms with Crippen LogP contribution in [0.15, 0.2) is 29.7 Å². The average Bonchev–Trinajstić information content (AvgIpc) is 2.75. The summed E-state index contributed by atoms with van der Waals surface area (Å²) < 4.78 is 1.47. The molecule has 0 aliphatic rings. The van der Waals surface area contributed by atoms with Gasteiger partial charge in [0.15, 0.2) is 11.7 Å². The quantitative estimate of drug-likeness (QED) is 0.365. The molecule has 0 spiro atoms. The molecule has 0 saturated carbocycles. The topological polar surface area (TPSA) is 89.3 Å². The molecule has 0 aromatic carbocycles. The standard InChI is InChI=1S/C10H10ClN5O/c1-6-2-3-8(9(12)15-17)10(14-6)16-5-7(11)4-13-16/h2-5,17H,1H3,(H2,12,15). The van der Waals surface area contributed by atoms with Crippen LogP contribution in [0.5, 0.6) is 0 Å². The molecule has 17 heavy (non-hydrogen) atoms. The third kappa shape index (κ3) is 2.21. The number of nitrogens with zero attached hydrogens (tertiary/aromatic N) is 4. The van der Waals surface area contributed by atoms with Crippen molar-refractivity contribution in [2.24, 2.45) is 10.9 Å². The van der Waals surface area contributed by atoms with Crippen LogP contribution in [0.25, 0.3) is 5.82 Å². The minimum absolute atomic E-state index is 0.0286. The Morgan fingerprint density at radius 1 is 1.53 bits per heavy atom. The fourth-order valence-corrected chi connectivity index (χ4v) is 1.52. The van der Waals surface area contributed by atoms with Crippen LogP contribution in [0.1, 0.15) is 11.3 Å². The molecule has 88 valence electrons. The van der Waals surface area contributed by atoms with Gasteiger partial charge in [0.05, 0.1) is 23.0 Å². The molecule has 0 radical (unpaired) electrons. The van der Waals surface area contributed by atoms with Crippen LogP contribution in [0.3, 0.4) is 0 Å². The van der Waals surface area contributed by atoms with E-state index in [4.69, 9.17) is 22.5 Å². The highest BCUT2D eigenvalue weighted by Crippen LogP contribution is 2.15. The van der Waals surface area contributed by atoms with Crippen LogP contribution in [0.2, 0.25) is 5.02 Å². The minimum atomic E-state index is -0.0286. The lowest BCUT2D eigenvalue weighted by Crippen LogP contribution is -2.18. The normalized spacial score (nSPS) is 11.8. The van der Waals surface area contributed by atoms with Crippen molar-refractivity contribution in [2.75, 3.05) is 0 Å². The lowest BCUT2D eigenvalue weighted by atomic mass is 10.2. The van der Waals surface area contributed by atoms with Crippen molar-refractivity contribution < 1.29 is 5.21 Å². The van der Waals surface area contributed by atoms with Crippen molar-refractivity contribution in [3.05, 3.63) is 40.8 Å². The second kappa shape index (κ2) is 4.42. The Morgan fingerprint density at radius 2 is 2.29 bits per heavy atom. The predicted molar refractivity (Wildman–Crippen MR) is 63.6 cm³/mol. The molecule has 0 unspecified atom stereocenters. The van der Waals surface area contributed by atoms with Crippen molar-refractivity contribution in [2.45, 2.75) is 6.92 Å². The van der Waals surface area contributed by atoms with E-state index in [1.54, 1.807) is 18.3 Å². The van der Waals surface area contributed by atoms with Gasteiger partial charge in [0.1, 0.15) is 0 Å². The molecule has 0 fully saturated rings. The molecule has 2 heterocycles. The molecule has 0 atom stereocenters. The molecule has 0 amide bonds. The molecule has 0 saturated heterocycles. The summed E-state index contributed by atoms with van der Waals surface area (Å²) >= 11 is 5.79. The van der Waals surface area contributed by atoms with Crippen LogP contribution in [-0.4, -0.2) is 25.8 Å². The number of nitrogens with two attached hydrogens (primary N) is 1. The maximum atomic E-state index is 8.71. The SMILES string of the molecule is Cc1ccc(C(N)=NO)c(-n2cc(Cl)cn2)n1. The van der Waals surface area contributed by atoms with E-state index in [1.165, 1.54) is 10.9 Å². The molecule has 3 N–H and O–H groups in total. The van der Waals surface area contributed by atoms with Gasteiger partial charge < -0.3 is 10.9 Å². The highest BCUT2D eigenvalue weighted by molar-refractivity contribution is 6.30.